The summed E-state index contributed by atoms with van der Waals surface area (Å²) in [6.07, 6.45) is 7.65. The van der Waals surface area contributed by atoms with E-state index in [0.717, 1.165) is 6.42 Å². The first-order chi connectivity index (χ1) is 13.9. The Kier molecular flexibility index (Phi) is 5.08. The van der Waals surface area contributed by atoms with E-state index in [9.17, 15) is 9.90 Å². The number of nitriles is 1. The zero-order valence-corrected chi connectivity index (χ0v) is 20.0. The van der Waals surface area contributed by atoms with Gasteiger partial charge in [-0.05, 0) is 56.2 Å². The van der Waals surface area contributed by atoms with Crippen molar-refractivity contribution in [1.29, 1.82) is 5.26 Å². The minimum atomic E-state index is -2.66. The maximum absolute atomic E-state index is 15.3. The van der Waals surface area contributed by atoms with Crippen molar-refractivity contribution >= 4 is 25.7 Å². The van der Waals surface area contributed by atoms with Crippen LogP contribution in [0.3, 0.4) is 0 Å². The molecule has 1 N–H and O–H groups in total. The predicted molar refractivity (Wildman–Crippen MR) is 116 cm³/mol. The van der Waals surface area contributed by atoms with Crippen LogP contribution >= 0.6 is 11.6 Å². The van der Waals surface area contributed by atoms with Gasteiger partial charge < -0.3 is 9.53 Å². The molecule has 0 amide bonds. The van der Waals surface area contributed by atoms with Crippen LogP contribution in [0.15, 0.2) is 23.0 Å². The number of aliphatic hydroxyl groups is 1. The number of rotatable bonds is 3. The molecule has 0 radical (unpaired) electrons. The SMILES string of the molecule is C[C@]12CCC(=O)CC1=C(F)CC1C2=CC[C@@]2(C)C1CC[C@]2(O)C(Cl)[Si](C)(C)OC#N. The van der Waals surface area contributed by atoms with Crippen LogP contribution in [-0.4, -0.2) is 29.8 Å². The summed E-state index contributed by atoms with van der Waals surface area (Å²) in [5.74, 6) is 0.127. The van der Waals surface area contributed by atoms with E-state index in [1.54, 1.807) is 6.26 Å². The highest BCUT2D eigenvalue weighted by atomic mass is 35.5. The third kappa shape index (κ3) is 2.81. The summed E-state index contributed by atoms with van der Waals surface area (Å²) in [5, 5.41) is 20.3. The summed E-state index contributed by atoms with van der Waals surface area (Å²) < 4.78 is 20.6. The Bertz CT molecular complexity index is 895. The third-order valence-corrected chi connectivity index (χ3v) is 13.2. The number of carbonyl (C=O) groups excluding carboxylic acids is 1. The van der Waals surface area contributed by atoms with Crippen LogP contribution in [0.25, 0.3) is 0 Å². The predicted octanol–water partition coefficient (Wildman–Crippen LogP) is 5.32. The van der Waals surface area contributed by atoms with Crippen LogP contribution in [-0.2, 0) is 9.22 Å². The molecule has 0 aliphatic heterocycles. The van der Waals surface area contributed by atoms with Crippen molar-refractivity contribution in [2.24, 2.45) is 22.7 Å². The molecule has 4 aliphatic carbocycles. The number of hydrogen-bond donors (Lipinski definition) is 1. The third-order valence-electron chi connectivity index (χ3n) is 8.92. The number of alkyl halides is 1. The average Bonchev–Trinajstić information content (AvgIpc) is 2.95. The number of ketones is 1. The lowest BCUT2D eigenvalue weighted by Gasteiger charge is -2.55. The molecule has 2 fully saturated rings. The molecule has 3 unspecified atom stereocenters. The minimum Gasteiger partial charge on any atom is -0.481 e. The van der Waals surface area contributed by atoms with Crippen molar-refractivity contribution in [2.75, 3.05) is 0 Å². The van der Waals surface area contributed by atoms with Gasteiger partial charge in [-0.25, -0.2) is 4.39 Å². The Morgan fingerprint density at radius 3 is 2.77 bits per heavy atom. The van der Waals surface area contributed by atoms with Crippen molar-refractivity contribution in [2.45, 2.75) is 82.5 Å². The highest BCUT2D eigenvalue weighted by Crippen LogP contribution is 2.67. The number of allylic oxidation sites excluding steroid dienone is 4. The molecule has 0 aromatic carbocycles. The second-order valence-electron chi connectivity index (χ2n) is 10.8. The van der Waals surface area contributed by atoms with Crippen LogP contribution in [0.5, 0.6) is 0 Å². The van der Waals surface area contributed by atoms with Gasteiger partial charge in [0.15, 0.2) is 0 Å². The summed E-state index contributed by atoms with van der Waals surface area (Å²) in [4.78, 5) is 12.0. The van der Waals surface area contributed by atoms with E-state index in [2.05, 4.69) is 19.9 Å². The van der Waals surface area contributed by atoms with E-state index < -0.39 is 24.3 Å². The molecule has 164 valence electrons. The number of fused-ring (bicyclic) bond motifs is 5. The molecular weight excluding hydrogens is 421 g/mol. The molecular formula is C23H31ClFNO3Si. The summed E-state index contributed by atoms with van der Waals surface area (Å²) in [6, 6.07) is 0. The van der Waals surface area contributed by atoms with Gasteiger partial charge in [-0.1, -0.05) is 25.5 Å². The Hall–Kier alpha value is -1.16. The van der Waals surface area contributed by atoms with Crippen LogP contribution in [0, 0.1) is 34.2 Å². The van der Waals surface area contributed by atoms with Gasteiger partial charge in [0.25, 0.3) is 14.6 Å². The van der Waals surface area contributed by atoms with E-state index in [1.165, 1.54) is 5.57 Å². The van der Waals surface area contributed by atoms with Gasteiger partial charge in [0.05, 0.1) is 10.6 Å². The molecule has 0 aromatic heterocycles. The molecule has 6 atom stereocenters. The summed E-state index contributed by atoms with van der Waals surface area (Å²) >= 11 is 6.86. The van der Waals surface area contributed by atoms with Crippen molar-refractivity contribution in [3.8, 4) is 6.26 Å². The van der Waals surface area contributed by atoms with Crippen LogP contribution in [0.4, 0.5) is 4.39 Å². The summed E-state index contributed by atoms with van der Waals surface area (Å²) in [7, 11) is -2.66. The molecule has 0 saturated heterocycles. The van der Waals surface area contributed by atoms with Crippen LogP contribution in [0.2, 0.25) is 13.1 Å². The highest BCUT2D eigenvalue weighted by Gasteiger charge is 2.67. The number of halogens is 2. The van der Waals surface area contributed by atoms with E-state index in [-0.39, 0.29) is 35.3 Å². The van der Waals surface area contributed by atoms with Gasteiger partial charge in [-0.2, -0.15) is 5.26 Å². The molecule has 2 saturated carbocycles. The quantitative estimate of drug-likeness (QED) is 0.273. The first-order valence-corrected chi connectivity index (χ1v) is 14.4. The van der Waals surface area contributed by atoms with E-state index in [1.807, 2.05) is 13.1 Å². The topological polar surface area (TPSA) is 70.3 Å². The molecule has 0 aromatic rings. The molecule has 4 aliphatic rings. The van der Waals surface area contributed by atoms with Crippen molar-refractivity contribution < 1.29 is 18.7 Å². The van der Waals surface area contributed by atoms with Crippen LogP contribution < -0.4 is 0 Å². The fourth-order valence-corrected chi connectivity index (χ4v) is 9.52. The molecule has 0 bridgehead atoms. The fourth-order valence-electron chi connectivity index (χ4n) is 7.06. The standard InChI is InChI=1S/C23H31ClFNO3Si/c1-21-8-5-14(27)11-18(21)19(25)12-15-16(21)6-9-22(2)17(15)7-10-23(22,28)20(24)30(3,4)29-13-26/h6,15,17,20,28H,5,7-12H2,1-4H3/t15?,17?,20?,21-,22+,23+/m1/s1. The van der Waals surface area contributed by atoms with Gasteiger partial charge in [-0.3, -0.25) is 4.79 Å². The van der Waals surface area contributed by atoms with Crippen LogP contribution in [0.1, 0.15) is 58.8 Å². The van der Waals surface area contributed by atoms with Gasteiger partial charge in [-0.15, -0.1) is 11.6 Å². The van der Waals surface area contributed by atoms with Gasteiger partial charge in [0.2, 0.25) is 0 Å². The van der Waals surface area contributed by atoms with E-state index >= 15 is 4.39 Å². The average molecular weight is 452 g/mol. The second-order valence-corrected chi connectivity index (χ2v) is 15.5. The van der Waals surface area contributed by atoms with Gasteiger partial charge in [0, 0.05) is 30.1 Å². The molecule has 4 nitrogen and oxygen atoms in total. The lowest BCUT2D eigenvalue weighted by Crippen LogP contribution is -2.62. The Morgan fingerprint density at radius 1 is 1.40 bits per heavy atom. The zero-order valence-electron chi connectivity index (χ0n) is 18.2. The minimum absolute atomic E-state index is 0.0188. The van der Waals surface area contributed by atoms with Gasteiger partial charge in [0.1, 0.15) is 11.6 Å². The summed E-state index contributed by atoms with van der Waals surface area (Å²) in [5.41, 5.74) is -0.118. The molecule has 7 heteroatoms. The smallest absolute Gasteiger partial charge is 0.282 e. The zero-order chi connectivity index (χ0) is 22.1. The van der Waals surface area contributed by atoms with Gasteiger partial charge >= 0.3 is 0 Å². The lowest BCUT2D eigenvalue weighted by atomic mass is 9.51. The first-order valence-electron chi connectivity index (χ1n) is 10.9. The number of carbonyl (C=O) groups is 1. The molecule has 30 heavy (non-hydrogen) atoms. The second kappa shape index (κ2) is 6.92. The number of nitrogens with zero attached hydrogens (tertiary/aromatic N) is 1. The first kappa shape index (κ1) is 22.0. The Balaban J connectivity index is 1.73. The maximum Gasteiger partial charge on any atom is 0.282 e. The number of Topliss-reactive ketones (excluding diaryl/α,β-unsaturated/α-hetero) is 1. The van der Waals surface area contributed by atoms with E-state index in [4.69, 9.17) is 21.3 Å². The lowest BCUT2D eigenvalue weighted by molar-refractivity contribution is -0.120. The Labute approximate surface area is 184 Å². The molecule has 4 rings (SSSR count). The van der Waals surface area contributed by atoms with Crippen molar-refractivity contribution in [1.82, 2.24) is 0 Å². The van der Waals surface area contributed by atoms with Crippen molar-refractivity contribution in [3.63, 3.8) is 0 Å². The Morgan fingerprint density at radius 2 is 2.10 bits per heavy atom. The largest absolute Gasteiger partial charge is 0.481 e. The molecule has 0 heterocycles. The van der Waals surface area contributed by atoms with Crippen molar-refractivity contribution in [3.05, 3.63) is 23.0 Å². The number of hydrogen-bond acceptors (Lipinski definition) is 4. The monoisotopic (exact) mass is 451 g/mol. The highest BCUT2D eigenvalue weighted by molar-refractivity contribution is 6.80. The normalized spacial score (nSPS) is 41.9. The van der Waals surface area contributed by atoms with E-state index in [0.29, 0.717) is 37.7 Å². The molecule has 0 spiro atoms. The fraction of sp³-hybridized carbons (Fsp3) is 0.739. The maximum atomic E-state index is 15.3. The summed E-state index contributed by atoms with van der Waals surface area (Å²) in [6.45, 7) is 7.90.